The maximum atomic E-state index is 2.40. The van der Waals surface area contributed by atoms with Crippen LogP contribution in [0.2, 0.25) is 0 Å². The number of rotatable bonds is 6. The molecule has 2 aromatic rings. The van der Waals surface area contributed by atoms with Gasteiger partial charge < -0.3 is 0 Å². The zero-order valence-corrected chi connectivity index (χ0v) is 22.7. The minimum atomic E-state index is -0.263. The Kier molecular flexibility index (Phi) is 10.8. The van der Waals surface area contributed by atoms with E-state index >= 15 is 0 Å². The fourth-order valence-electron chi connectivity index (χ4n) is 6.41. The lowest BCUT2D eigenvalue weighted by molar-refractivity contribution is 0.289. The average molecular weight is 481 g/mol. The average Bonchev–Trinajstić information content (AvgIpc) is 3.08. The summed E-state index contributed by atoms with van der Waals surface area (Å²) in [4.78, 5) is 0. The van der Waals surface area contributed by atoms with Crippen LogP contribution in [0.5, 0.6) is 0 Å². The molecule has 0 spiro atoms. The molecule has 2 aromatic carbocycles. The molecule has 2 heteroatoms. The Hall–Kier alpha value is -0.700. The molecule has 2 unspecified atom stereocenters. The monoisotopic (exact) mass is 480 g/mol. The van der Waals surface area contributed by atoms with Gasteiger partial charge in [-0.05, 0) is 74.0 Å². The number of hydrogen-bond acceptors (Lipinski definition) is 0. The van der Waals surface area contributed by atoms with Crippen molar-refractivity contribution < 1.29 is 0 Å². The van der Waals surface area contributed by atoms with E-state index in [0.29, 0.717) is 5.16 Å². The Morgan fingerprint density at radius 2 is 1.15 bits per heavy atom. The first-order valence-electron chi connectivity index (χ1n) is 14.0. The van der Waals surface area contributed by atoms with E-state index in [1.54, 1.807) is 10.6 Å². The van der Waals surface area contributed by atoms with E-state index < -0.39 is 0 Å². The van der Waals surface area contributed by atoms with Crippen molar-refractivity contribution in [2.24, 2.45) is 5.92 Å². The Bertz CT molecular complexity index is 713. The molecule has 0 aromatic heterocycles. The molecule has 0 nitrogen and oxygen atoms in total. The first-order chi connectivity index (χ1) is 16.4. The van der Waals surface area contributed by atoms with E-state index in [0.717, 1.165) is 5.92 Å². The Morgan fingerprint density at radius 1 is 0.636 bits per heavy atom. The smallest absolute Gasteiger partial charge is 0.00901 e. The number of hydrogen-bond donors (Lipinski definition) is 0. The van der Waals surface area contributed by atoms with Crippen LogP contribution in [0, 0.1) is 5.92 Å². The Labute approximate surface area is 207 Å². The van der Waals surface area contributed by atoms with E-state index in [1.165, 1.54) is 117 Å². The highest BCUT2D eigenvalue weighted by Gasteiger charge is 2.38. The molecular formula is C31H46P2. The molecule has 4 rings (SSSR count). The van der Waals surface area contributed by atoms with E-state index in [9.17, 15) is 0 Å². The van der Waals surface area contributed by atoms with E-state index in [2.05, 4.69) is 60.7 Å². The summed E-state index contributed by atoms with van der Waals surface area (Å²) in [5.41, 5.74) is 0. The van der Waals surface area contributed by atoms with Crippen molar-refractivity contribution in [2.45, 2.75) is 101 Å². The number of benzene rings is 2. The van der Waals surface area contributed by atoms with Crippen molar-refractivity contribution >= 4 is 27.1 Å². The van der Waals surface area contributed by atoms with Gasteiger partial charge >= 0.3 is 0 Å². The Morgan fingerprint density at radius 3 is 1.76 bits per heavy atom. The van der Waals surface area contributed by atoms with E-state index in [4.69, 9.17) is 0 Å². The quantitative estimate of drug-likeness (QED) is 0.362. The summed E-state index contributed by atoms with van der Waals surface area (Å²) in [6.45, 7) is 0. The maximum Gasteiger partial charge on any atom is -0.00901 e. The van der Waals surface area contributed by atoms with Gasteiger partial charge in [-0.15, -0.1) is 8.58 Å². The third kappa shape index (κ3) is 7.64. The fraction of sp³-hybridized carbons (Fsp3) is 0.613. The minimum absolute atomic E-state index is 0.263. The predicted octanol–water partition coefficient (Wildman–Crippen LogP) is 9.03. The standard InChI is InChI=1S/C31H46P2/c1-2-5-11-19-28(18-10-4-1)31(24-16-6-3-7-17-26-32-31)25-27-33(29-20-12-8-13-21-29)30-22-14-9-15-23-30/h8-9,12-15,20-23,28,32H,1-7,10-11,16-19,24-27H2. The van der Waals surface area contributed by atoms with Gasteiger partial charge in [0, 0.05) is 0 Å². The summed E-state index contributed by atoms with van der Waals surface area (Å²) in [5.74, 6) is 0.982. The topological polar surface area (TPSA) is 0 Å². The van der Waals surface area contributed by atoms with Crippen LogP contribution in [-0.4, -0.2) is 17.5 Å². The van der Waals surface area contributed by atoms with Crippen molar-refractivity contribution in [3.8, 4) is 0 Å². The van der Waals surface area contributed by atoms with Crippen LogP contribution < -0.4 is 10.6 Å². The van der Waals surface area contributed by atoms with Crippen molar-refractivity contribution in [1.29, 1.82) is 0 Å². The molecule has 0 N–H and O–H groups in total. The lowest BCUT2D eigenvalue weighted by Gasteiger charge is -2.43. The van der Waals surface area contributed by atoms with Crippen LogP contribution in [-0.2, 0) is 0 Å². The third-order valence-corrected chi connectivity index (χ3v) is 13.1. The van der Waals surface area contributed by atoms with Gasteiger partial charge in [-0.2, -0.15) is 0 Å². The zero-order valence-electron chi connectivity index (χ0n) is 20.8. The summed E-state index contributed by atoms with van der Waals surface area (Å²) in [7, 11) is 0.932. The van der Waals surface area contributed by atoms with Gasteiger partial charge in [0.05, 0.1) is 0 Å². The second-order valence-electron chi connectivity index (χ2n) is 10.6. The normalized spacial score (nSPS) is 24.9. The second kappa shape index (κ2) is 14.0. The lowest BCUT2D eigenvalue weighted by atomic mass is 9.79. The van der Waals surface area contributed by atoms with Crippen molar-refractivity contribution in [1.82, 2.24) is 0 Å². The molecule has 1 saturated heterocycles. The molecule has 0 bridgehead atoms. The minimum Gasteiger partial charge on any atom is -0.115 e. The maximum absolute atomic E-state index is 2.40. The molecule has 2 aliphatic rings. The SMILES string of the molecule is c1ccc(P(CCC2(C3CCCCCCCC3)CCCCCCCP2)c2ccccc2)cc1. The zero-order chi connectivity index (χ0) is 22.6. The predicted molar refractivity (Wildman–Crippen MR) is 153 cm³/mol. The van der Waals surface area contributed by atoms with Crippen LogP contribution >= 0.6 is 16.5 Å². The molecule has 0 amide bonds. The molecule has 1 aliphatic carbocycles. The van der Waals surface area contributed by atoms with E-state index in [1.807, 2.05) is 0 Å². The van der Waals surface area contributed by atoms with Gasteiger partial charge in [-0.25, -0.2) is 0 Å². The highest BCUT2D eigenvalue weighted by atomic mass is 31.1. The van der Waals surface area contributed by atoms with Crippen LogP contribution in [0.3, 0.4) is 0 Å². The van der Waals surface area contributed by atoms with Gasteiger partial charge in [0.15, 0.2) is 0 Å². The Balaban J connectivity index is 1.59. The molecule has 0 radical (unpaired) electrons. The van der Waals surface area contributed by atoms with Gasteiger partial charge in [0.25, 0.3) is 0 Å². The summed E-state index contributed by atoms with van der Waals surface area (Å²) < 4.78 is 0. The summed E-state index contributed by atoms with van der Waals surface area (Å²) in [5, 5.41) is 3.78. The van der Waals surface area contributed by atoms with Crippen LogP contribution in [0.1, 0.15) is 96.3 Å². The van der Waals surface area contributed by atoms with Crippen molar-refractivity contribution in [2.75, 3.05) is 12.3 Å². The van der Waals surface area contributed by atoms with E-state index in [-0.39, 0.29) is 7.92 Å². The molecule has 33 heavy (non-hydrogen) atoms. The van der Waals surface area contributed by atoms with Gasteiger partial charge in [0.1, 0.15) is 0 Å². The summed E-state index contributed by atoms with van der Waals surface area (Å²) in [6, 6.07) is 23.0. The first-order valence-corrected chi connectivity index (χ1v) is 16.7. The molecule has 180 valence electrons. The summed E-state index contributed by atoms with van der Waals surface area (Å²) in [6.07, 6.45) is 25.2. The van der Waals surface area contributed by atoms with Gasteiger partial charge in [-0.3, -0.25) is 0 Å². The van der Waals surface area contributed by atoms with Gasteiger partial charge in [-0.1, -0.05) is 125 Å². The third-order valence-electron chi connectivity index (χ3n) is 8.33. The van der Waals surface area contributed by atoms with Crippen molar-refractivity contribution in [3.63, 3.8) is 0 Å². The molecule has 1 heterocycles. The first kappa shape index (κ1) is 25.4. The molecule has 1 saturated carbocycles. The van der Waals surface area contributed by atoms with Crippen LogP contribution in [0.15, 0.2) is 60.7 Å². The molecule has 2 fully saturated rings. The largest absolute Gasteiger partial charge is 0.115 e. The highest BCUT2D eigenvalue weighted by Crippen LogP contribution is 2.53. The highest BCUT2D eigenvalue weighted by molar-refractivity contribution is 7.73. The van der Waals surface area contributed by atoms with Crippen LogP contribution in [0.4, 0.5) is 0 Å². The second-order valence-corrected chi connectivity index (χ2v) is 14.8. The lowest BCUT2D eigenvalue weighted by Crippen LogP contribution is -2.36. The van der Waals surface area contributed by atoms with Gasteiger partial charge in [0.2, 0.25) is 0 Å². The molecular weight excluding hydrogens is 434 g/mol. The molecule has 2 atom stereocenters. The summed E-state index contributed by atoms with van der Waals surface area (Å²) >= 11 is 0. The molecule has 1 aliphatic heterocycles. The van der Waals surface area contributed by atoms with Crippen molar-refractivity contribution in [3.05, 3.63) is 60.7 Å². The van der Waals surface area contributed by atoms with Crippen LogP contribution in [0.25, 0.3) is 0 Å². The fourth-order valence-corrected chi connectivity index (χ4v) is 11.3.